The Labute approximate surface area is 173 Å². The Morgan fingerprint density at radius 3 is 2.83 bits per heavy atom. The Bertz CT molecular complexity index is 1170. The highest BCUT2D eigenvalue weighted by Gasteiger charge is 2.28. The van der Waals surface area contributed by atoms with Gasteiger partial charge in [-0.15, -0.1) is 5.10 Å². The zero-order chi connectivity index (χ0) is 20.5. The van der Waals surface area contributed by atoms with Crippen LogP contribution in [0.4, 0.5) is 0 Å². The van der Waals surface area contributed by atoms with Crippen LogP contribution in [0.15, 0.2) is 53.1 Å². The van der Waals surface area contributed by atoms with Crippen molar-refractivity contribution in [3.63, 3.8) is 0 Å². The molecule has 0 N–H and O–H groups in total. The van der Waals surface area contributed by atoms with Crippen molar-refractivity contribution in [3.05, 3.63) is 65.4 Å². The summed E-state index contributed by atoms with van der Waals surface area (Å²) >= 11 is 0. The number of fused-ring (bicyclic) bond motifs is 1. The van der Waals surface area contributed by atoms with Gasteiger partial charge >= 0.3 is 0 Å². The minimum atomic E-state index is -0.103. The second-order valence-corrected chi connectivity index (χ2v) is 7.16. The third kappa shape index (κ3) is 3.46. The van der Waals surface area contributed by atoms with Crippen molar-refractivity contribution in [2.24, 2.45) is 0 Å². The van der Waals surface area contributed by atoms with Gasteiger partial charge in [-0.25, -0.2) is 4.68 Å². The van der Waals surface area contributed by atoms with Gasteiger partial charge in [0, 0.05) is 5.56 Å². The molecule has 3 heterocycles. The standard InChI is InChI=1S/C22H21N5O3/c1-3-28-17-9-7-15(8-10-17)19-12-27-18(13-29-19)20(24-26-27)22-23-21(25-30-22)16-6-4-5-14(2)11-16/h4-11,19H,3,12-13H2,1-2H3/t19-/m1/s1. The number of rotatable bonds is 5. The Hall–Kier alpha value is -3.52. The number of aryl methyl sites for hydroxylation is 1. The van der Waals surface area contributed by atoms with E-state index >= 15 is 0 Å². The number of nitrogens with zero attached hydrogens (tertiary/aromatic N) is 5. The molecule has 0 radical (unpaired) electrons. The smallest absolute Gasteiger partial charge is 0.280 e. The Kier molecular flexibility index (Phi) is 4.76. The largest absolute Gasteiger partial charge is 0.494 e. The summed E-state index contributed by atoms with van der Waals surface area (Å²) < 4.78 is 18.9. The Morgan fingerprint density at radius 1 is 1.17 bits per heavy atom. The molecule has 0 saturated heterocycles. The van der Waals surface area contributed by atoms with Crippen LogP contribution in [0, 0.1) is 6.92 Å². The van der Waals surface area contributed by atoms with Crippen LogP contribution in [0.2, 0.25) is 0 Å². The Morgan fingerprint density at radius 2 is 2.03 bits per heavy atom. The SMILES string of the molecule is CCOc1ccc([C@H]2Cn3nnc(-c4nc(-c5cccc(C)c5)no4)c3CO2)cc1. The van der Waals surface area contributed by atoms with Gasteiger partial charge in [0.05, 0.1) is 25.5 Å². The van der Waals surface area contributed by atoms with Gasteiger partial charge in [0.15, 0.2) is 5.69 Å². The zero-order valence-electron chi connectivity index (χ0n) is 16.8. The van der Waals surface area contributed by atoms with Crippen molar-refractivity contribution >= 4 is 0 Å². The summed E-state index contributed by atoms with van der Waals surface area (Å²) in [6, 6.07) is 15.9. The van der Waals surface area contributed by atoms with E-state index < -0.39 is 0 Å². The van der Waals surface area contributed by atoms with E-state index in [0.29, 0.717) is 37.2 Å². The second-order valence-electron chi connectivity index (χ2n) is 7.16. The summed E-state index contributed by atoms with van der Waals surface area (Å²) in [7, 11) is 0. The van der Waals surface area contributed by atoms with Gasteiger partial charge in [0.25, 0.3) is 5.89 Å². The first kappa shape index (κ1) is 18.5. The van der Waals surface area contributed by atoms with Crippen LogP contribution in [0.5, 0.6) is 5.75 Å². The number of hydrogen-bond donors (Lipinski definition) is 0. The summed E-state index contributed by atoms with van der Waals surface area (Å²) in [6.45, 7) is 5.57. The lowest BCUT2D eigenvalue weighted by Crippen LogP contribution is -2.22. The summed E-state index contributed by atoms with van der Waals surface area (Å²) in [4.78, 5) is 4.51. The maximum absolute atomic E-state index is 6.09. The van der Waals surface area contributed by atoms with Gasteiger partial charge in [0.2, 0.25) is 5.82 Å². The molecule has 8 heteroatoms. The lowest BCUT2D eigenvalue weighted by Gasteiger charge is -2.24. The van der Waals surface area contributed by atoms with Crippen molar-refractivity contribution in [1.82, 2.24) is 25.1 Å². The van der Waals surface area contributed by atoms with Gasteiger partial charge in [-0.05, 0) is 37.6 Å². The lowest BCUT2D eigenvalue weighted by molar-refractivity contribution is -0.00119. The summed E-state index contributed by atoms with van der Waals surface area (Å²) in [6.07, 6.45) is -0.103. The maximum Gasteiger partial charge on any atom is 0.280 e. The van der Waals surface area contributed by atoms with E-state index in [1.54, 1.807) is 0 Å². The van der Waals surface area contributed by atoms with E-state index in [4.69, 9.17) is 14.0 Å². The van der Waals surface area contributed by atoms with Crippen molar-refractivity contribution in [2.45, 2.75) is 33.1 Å². The predicted octanol–water partition coefficient (Wildman–Crippen LogP) is 3.97. The first-order valence-corrected chi connectivity index (χ1v) is 9.89. The summed E-state index contributed by atoms with van der Waals surface area (Å²) in [5, 5.41) is 12.7. The molecule has 1 aliphatic rings. The lowest BCUT2D eigenvalue weighted by atomic mass is 10.1. The van der Waals surface area contributed by atoms with Crippen LogP contribution in [0.1, 0.15) is 29.8 Å². The first-order valence-electron chi connectivity index (χ1n) is 9.89. The summed E-state index contributed by atoms with van der Waals surface area (Å²) in [5.41, 5.74) is 4.50. The minimum absolute atomic E-state index is 0.103. The third-order valence-corrected chi connectivity index (χ3v) is 5.07. The van der Waals surface area contributed by atoms with E-state index in [2.05, 4.69) is 20.5 Å². The van der Waals surface area contributed by atoms with Gasteiger partial charge in [-0.1, -0.05) is 46.3 Å². The molecular formula is C22H21N5O3. The normalized spacial score (nSPS) is 15.7. The monoisotopic (exact) mass is 403 g/mol. The van der Waals surface area contributed by atoms with Crippen molar-refractivity contribution in [1.29, 1.82) is 0 Å². The topological polar surface area (TPSA) is 88.1 Å². The van der Waals surface area contributed by atoms with Crippen LogP contribution in [-0.4, -0.2) is 31.7 Å². The van der Waals surface area contributed by atoms with E-state index in [1.807, 2.05) is 67.1 Å². The van der Waals surface area contributed by atoms with Crippen LogP contribution in [0.3, 0.4) is 0 Å². The molecule has 5 rings (SSSR count). The van der Waals surface area contributed by atoms with Crippen molar-refractivity contribution < 1.29 is 14.0 Å². The van der Waals surface area contributed by atoms with E-state index in [0.717, 1.165) is 28.1 Å². The molecule has 0 fully saturated rings. The molecule has 0 saturated carbocycles. The fraction of sp³-hybridized carbons (Fsp3) is 0.273. The second kappa shape index (κ2) is 7.72. The number of ether oxygens (including phenoxy) is 2. The molecule has 152 valence electrons. The molecule has 0 unspecified atom stereocenters. The molecule has 2 aromatic carbocycles. The molecule has 0 amide bonds. The van der Waals surface area contributed by atoms with Gasteiger partial charge in [-0.2, -0.15) is 4.98 Å². The Balaban J connectivity index is 1.36. The van der Waals surface area contributed by atoms with Crippen LogP contribution >= 0.6 is 0 Å². The van der Waals surface area contributed by atoms with Crippen molar-refractivity contribution in [2.75, 3.05) is 6.61 Å². The van der Waals surface area contributed by atoms with E-state index in [9.17, 15) is 0 Å². The fourth-order valence-electron chi connectivity index (χ4n) is 3.55. The molecule has 1 atom stereocenters. The number of benzene rings is 2. The maximum atomic E-state index is 6.09. The molecule has 0 bridgehead atoms. The minimum Gasteiger partial charge on any atom is -0.494 e. The van der Waals surface area contributed by atoms with Gasteiger partial charge < -0.3 is 14.0 Å². The molecule has 0 aliphatic carbocycles. The van der Waals surface area contributed by atoms with Crippen LogP contribution in [0.25, 0.3) is 23.0 Å². The predicted molar refractivity (Wildman–Crippen MR) is 109 cm³/mol. The molecule has 0 spiro atoms. The average molecular weight is 403 g/mol. The molecule has 1 aliphatic heterocycles. The zero-order valence-corrected chi connectivity index (χ0v) is 16.8. The quantitative estimate of drug-likeness (QED) is 0.498. The van der Waals surface area contributed by atoms with Crippen LogP contribution in [-0.2, 0) is 17.9 Å². The third-order valence-electron chi connectivity index (χ3n) is 5.07. The first-order chi connectivity index (χ1) is 14.7. The van der Waals surface area contributed by atoms with Gasteiger partial charge in [0.1, 0.15) is 11.9 Å². The highest BCUT2D eigenvalue weighted by molar-refractivity contribution is 5.59. The number of aromatic nitrogens is 5. The average Bonchev–Trinajstić information content (AvgIpc) is 3.41. The molecule has 4 aromatic rings. The molecule has 2 aromatic heterocycles. The highest BCUT2D eigenvalue weighted by Crippen LogP contribution is 2.31. The van der Waals surface area contributed by atoms with Crippen molar-refractivity contribution in [3.8, 4) is 28.7 Å². The summed E-state index contributed by atoms with van der Waals surface area (Å²) in [5.74, 6) is 1.72. The highest BCUT2D eigenvalue weighted by atomic mass is 16.5. The van der Waals surface area contributed by atoms with Gasteiger partial charge in [-0.3, -0.25) is 0 Å². The molecule has 8 nitrogen and oxygen atoms in total. The number of hydrogen-bond acceptors (Lipinski definition) is 7. The van der Waals surface area contributed by atoms with E-state index in [1.165, 1.54) is 0 Å². The van der Waals surface area contributed by atoms with E-state index in [-0.39, 0.29) is 6.10 Å². The molecular weight excluding hydrogens is 382 g/mol. The van der Waals surface area contributed by atoms with Crippen LogP contribution < -0.4 is 4.74 Å². The fourth-order valence-corrected chi connectivity index (χ4v) is 3.55. The molecule has 30 heavy (non-hydrogen) atoms.